The van der Waals surface area contributed by atoms with E-state index in [9.17, 15) is 27.6 Å². The number of anilines is 1. The monoisotopic (exact) mass is 366 g/mol. The largest absolute Gasteiger partial charge is 0.418 e. The van der Waals surface area contributed by atoms with Crippen molar-refractivity contribution in [3.63, 3.8) is 0 Å². The minimum Gasteiger partial charge on any atom is -0.325 e. The first-order valence-electron chi connectivity index (χ1n) is 8.25. The Kier molecular flexibility index (Phi) is 4.84. The maximum absolute atomic E-state index is 12.9. The molecule has 0 bridgehead atoms. The van der Waals surface area contributed by atoms with Crippen LogP contribution >= 0.6 is 0 Å². The van der Waals surface area contributed by atoms with Crippen LogP contribution in [0.15, 0.2) is 36.4 Å². The molecule has 1 heterocycles. The number of hydrogen-bond acceptors (Lipinski definition) is 3. The van der Waals surface area contributed by atoms with Gasteiger partial charge in [0, 0.05) is 13.0 Å². The number of hydrogen-bond donors (Lipinski definition) is 1. The maximum Gasteiger partial charge on any atom is 0.418 e. The van der Waals surface area contributed by atoms with Gasteiger partial charge in [-0.1, -0.05) is 24.3 Å². The van der Waals surface area contributed by atoms with Gasteiger partial charge in [-0.3, -0.25) is 19.3 Å². The van der Waals surface area contributed by atoms with Gasteiger partial charge in [0.1, 0.15) is 0 Å². The van der Waals surface area contributed by atoms with Gasteiger partial charge >= 0.3 is 6.18 Å². The van der Waals surface area contributed by atoms with Crippen LogP contribution in [0.4, 0.5) is 18.9 Å². The van der Waals surface area contributed by atoms with Crippen LogP contribution in [-0.2, 0) is 20.6 Å². The SMILES string of the molecule is O=C(CCN1C(=O)[C@H]2CC=CC[C@@H]2C1=O)Nc1ccccc1C(F)(F)F. The number of amides is 3. The minimum absolute atomic E-state index is 0.134. The highest BCUT2D eigenvalue weighted by atomic mass is 19.4. The number of halogens is 3. The molecule has 5 nitrogen and oxygen atoms in total. The highest BCUT2D eigenvalue weighted by Crippen LogP contribution is 2.36. The van der Waals surface area contributed by atoms with Crippen LogP contribution in [0.25, 0.3) is 0 Å². The number of rotatable bonds is 4. The first-order chi connectivity index (χ1) is 12.3. The molecular formula is C18H17F3N2O3. The van der Waals surface area contributed by atoms with Gasteiger partial charge in [-0.15, -0.1) is 0 Å². The number of carbonyl (C=O) groups is 3. The van der Waals surface area contributed by atoms with E-state index >= 15 is 0 Å². The highest BCUT2D eigenvalue weighted by Gasteiger charge is 2.46. The molecule has 0 radical (unpaired) electrons. The fourth-order valence-electron chi connectivity index (χ4n) is 3.35. The number of allylic oxidation sites excluding steroid dienone is 2. The molecule has 26 heavy (non-hydrogen) atoms. The van der Waals surface area contributed by atoms with E-state index in [0.717, 1.165) is 17.0 Å². The normalized spacial score (nSPS) is 22.5. The number of benzene rings is 1. The predicted molar refractivity (Wildman–Crippen MR) is 86.8 cm³/mol. The van der Waals surface area contributed by atoms with E-state index in [1.54, 1.807) is 0 Å². The zero-order valence-corrected chi connectivity index (χ0v) is 13.8. The van der Waals surface area contributed by atoms with Crippen LogP contribution in [0, 0.1) is 11.8 Å². The third kappa shape index (κ3) is 3.49. The van der Waals surface area contributed by atoms with E-state index in [1.807, 2.05) is 12.2 Å². The molecule has 0 spiro atoms. The summed E-state index contributed by atoms with van der Waals surface area (Å²) in [6.07, 6.45) is -0.134. The zero-order chi connectivity index (χ0) is 18.9. The standard InChI is InChI=1S/C18H17F3N2O3/c19-18(20,21)13-7-3-4-8-14(13)22-15(24)9-10-23-16(25)11-5-1-2-6-12(11)17(23)26/h1-4,7-8,11-12H,5-6,9-10H2,(H,22,24)/t11-,12-/m0/s1. The summed E-state index contributed by atoms with van der Waals surface area (Å²) in [4.78, 5) is 37.7. The minimum atomic E-state index is -4.59. The molecule has 0 saturated carbocycles. The van der Waals surface area contributed by atoms with E-state index in [1.165, 1.54) is 12.1 Å². The van der Waals surface area contributed by atoms with Gasteiger partial charge in [0.15, 0.2) is 0 Å². The molecule has 1 aliphatic heterocycles. The lowest BCUT2D eigenvalue weighted by Crippen LogP contribution is -2.34. The average molecular weight is 366 g/mol. The van der Waals surface area contributed by atoms with Crippen LogP contribution in [0.5, 0.6) is 0 Å². The van der Waals surface area contributed by atoms with Crippen LogP contribution in [-0.4, -0.2) is 29.2 Å². The van der Waals surface area contributed by atoms with E-state index in [-0.39, 0.29) is 42.3 Å². The van der Waals surface area contributed by atoms with Gasteiger partial charge in [-0.25, -0.2) is 0 Å². The van der Waals surface area contributed by atoms with Gasteiger partial charge in [-0.2, -0.15) is 13.2 Å². The second-order valence-electron chi connectivity index (χ2n) is 6.33. The van der Waals surface area contributed by atoms with Gasteiger partial charge in [0.25, 0.3) is 0 Å². The number of nitrogens with zero attached hydrogens (tertiary/aromatic N) is 1. The summed E-state index contributed by atoms with van der Waals surface area (Å²) < 4.78 is 38.8. The third-order valence-corrected chi connectivity index (χ3v) is 4.67. The molecule has 0 aromatic heterocycles. The highest BCUT2D eigenvalue weighted by molar-refractivity contribution is 6.05. The lowest BCUT2D eigenvalue weighted by atomic mass is 9.85. The zero-order valence-electron chi connectivity index (χ0n) is 13.8. The van der Waals surface area contributed by atoms with Gasteiger partial charge in [-0.05, 0) is 25.0 Å². The molecule has 8 heteroatoms. The molecule has 0 unspecified atom stereocenters. The van der Waals surface area contributed by atoms with E-state index in [2.05, 4.69) is 5.32 Å². The van der Waals surface area contributed by atoms with Crippen molar-refractivity contribution in [1.82, 2.24) is 4.90 Å². The molecule has 3 amide bonds. The first kappa shape index (κ1) is 18.2. The van der Waals surface area contributed by atoms with Crippen LogP contribution in [0.3, 0.4) is 0 Å². The van der Waals surface area contributed by atoms with Crippen molar-refractivity contribution in [2.45, 2.75) is 25.4 Å². The Morgan fingerprint density at radius 2 is 1.65 bits per heavy atom. The molecule has 138 valence electrons. The van der Waals surface area contributed by atoms with E-state index in [0.29, 0.717) is 12.8 Å². The van der Waals surface area contributed by atoms with Crippen molar-refractivity contribution < 1.29 is 27.6 Å². The van der Waals surface area contributed by atoms with Crippen LogP contribution in [0.2, 0.25) is 0 Å². The van der Waals surface area contributed by atoms with Crippen molar-refractivity contribution >= 4 is 23.4 Å². The summed E-state index contributed by atoms with van der Waals surface area (Å²) >= 11 is 0. The third-order valence-electron chi connectivity index (χ3n) is 4.67. The average Bonchev–Trinajstić information content (AvgIpc) is 2.84. The lowest BCUT2D eigenvalue weighted by molar-refractivity contribution is -0.140. The Morgan fingerprint density at radius 3 is 2.23 bits per heavy atom. The van der Waals surface area contributed by atoms with Crippen molar-refractivity contribution in [2.75, 3.05) is 11.9 Å². The van der Waals surface area contributed by atoms with Crippen molar-refractivity contribution in [3.05, 3.63) is 42.0 Å². The number of alkyl halides is 3. The van der Waals surface area contributed by atoms with Crippen molar-refractivity contribution in [3.8, 4) is 0 Å². The Balaban J connectivity index is 1.62. The molecule has 1 N–H and O–H groups in total. The number of nitrogens with one attached hydrogen (secondary N) is 1. The Hall–Kier alpha value is -2.64. The summed E-state index contributed by atoms with van der Waals surface area (Å²) in [7, 11) is 0. The number of imide groups is 1. The number of para-hydroxylation sites is 1. The topological polar surface area (TPSA) is 66.5 Å². The van der Waals surface area contributed by atoms with Gasteiger partial charge in [0.05, 0.1) is 23.1 Å². The Bertz CT molecular complexity index is 747. The van der Waals surface area contributed by atoms with Gasteiger partial charge < -0.3 is 5.32 Å². The van der Waals surface area contributed by atoms with Crippen molar-refractivity contribution in [1.29, 1.82) is 0 Å². The summed E-state index contributed by atoms with van der Waals surface area (Å²) in [5.41, 5.74) is -1.29. The predicted octanol–water partition coefficient (Wildman–Crippen LogP) is 2.99. The van der Waals surface area contributed by atoms with Crippen molar-refractivity contribution in [2.24, 2.45) is 11.8 Å². The number of likely N-dealkylation sites (tertiary alicyclic amines) is 1. The summed E-state index contributed by atoms with van der Waals surface area (Å²) in [5, 5.41) is 2.21. The quantitative estimate of drug-likeness (QED) is 0.658. The van der Waals surface area contributed by atoms with Crippen LogP contribution < -0.4 is 5.32 Å². The number of carbonyl (C=O) groups excluding carboxylic acids is 3. The summed E-state index contributed by atoms with van der Waals surface area (Å²) in [5.74, 6) is -2.08. The second-order valence-corrected chi connectivity index (χ2v) is 6.33. The maximum atomic E-state index is 12.9. The molecule has 1 aliphatic carbocycles. The molecule has 1 aromatic rings. The molecular weight excluding hydrogens is 349 g/mol. The molecule has 3 rings (SSSR count). The van der Waals surface area contributed by atoms with E-state index < -0.39 is 17.6 Å². The second kappa shape index (κ2) is 6.93. The fourth-order valence-corrected chi connectivity index (χ4v) is 3.35. The molecule has 2 atom stereocenters. The number of fused-ring (bicyclic) bond motifs is 1. The summed E-state index contributed by atoms with van der Waals surface area (Å²) in [6.45, 7) is -0.134. The van der Waals surface area contributed by atoms with Crippen LogP contribution in [0.1, 0.15) is 24.8 Å². The first-order valence-corrected chi connectivity index (χ1v) is 8.25. The smallest absolute Gasteiger partial charge is 0.325 e. The molecule has 1 saturated heterocycles. The molecule has 1 aromatic carbocycles. The molecule has 1 fully saturated rings. The lowest BCUT2D eigenvalue weighted by Gasteiger charge is -2.16. The summed E-state index contributed by atoms with van der Waals surface area (Å²) in [6, 6.07) is 4.65. The Labute approximate surface area is 147 Å². The fraction of sp³-hybridized carbons (Fsp3) is 0.389. The van der Waals surface area contributed by atoms with Gasteiger partial charge in [0.2, 0.25) is 17.7 Å². The van der Waals surface area contributed by atoms with E-state index in [4.69, 9.17) is 0 Å². The molecule has 2 aliphatic rings. The Morgan fingerprint density at radius 1 is 1.08 bits per heavy atom.